The fraction of sp³-hybridized carbons (Fsp3) is 0.464. The number of nitrogens with zero attached hydrogens (tertiary/aromatic N) is 4. The first kappa shape index (κ1) is 24.8. The molecule has 0 bridgehead atoms. The van der Waals surface area contributed by atoms with Crippen LogP contribution in [-0.2, 0) is 6.54 Å². The molecule has 1 aromatic heterocycles. The lowest BCUT2D eigenvalue weighted by Gasteiger charge is -2.49. The second-order valence-corrected chi connectivity index (χ2v) is 9.89. The Kier molecular flexibility index (Phi) is 7.87. The van der Waals surface area contributed by atoms with Crippen molar-refractivity contribution in [1.29, 1.82) is 0 Å². The molecule has 3 aromatic rings. The van der Waals surface area contributed by atoms with Gasteiger partial charge in [0.2, 0.25) is 0 Å². The van der Waals surface area contributed by atoms with Gasteiger partial charge in [-0.25, -0.2) is 0 Å². The Labute approximate surface area is 218 Å². The van der Waals surface area contributed by atoms with Crippen molar-refractivity contribution >= 4 is 17.3 Å². The third-order valence-electron chi connectivity index (χ3n) is 7.36. The lowest BCUT2D eigenvalue weighted by Crippen LogP contribution is -2.55. The normalized spacial score (nSPS) is 20.1. The maximum Gasteiger partial charge on any atom is 0.161 e. The smallest absolute Gasteiger partial charge is 0.161 e. The van der Waals surface area contributed by atoms with Gasteiger partial charge >= 0.3 is 0 Å². The fourth-order valence-corrected chi connectivity index (χ4v) is 5.73. The Hall–Kier alpha value is -2.90. The van der Waals surface area contributed by atoms with Gasteiger partial charge < -0.3 is 19.1 Å². The van der Waals surface area contributed by atoms with E-state index in [0.717, 1.165) is 49.8 Å². The van der Waals surface area contributed by atoms with Crippen LogP contribution in [0.5, 0.6) is 17.2 Å². The van der Waals surface area contributed by atoms with E-state index in [1.165, 1.54) is 30.5 Å². The van der Waals surface area contributed by atoms with Gasteiger partial charge in [0.05, 0.1) is 25.8 Å². The van der Waals surface area contributed by atoms with E-state index in [2.05, 4.69) is 45.2 Å². The van der Waals surface area contributed by atoms with Crippen molar-refractivity contribution < 1.29 is 14.2 Å². The van der Waals surface area contributed by atoms with Crippen molar-refractivity contribution in [3.63, 3.8) is 0 Å². The van der Waals surface area contributed by atoms with E-state index in [1.54, 1.807) is 20.4 Å². The summed E-state index contributed by atoms with van der Waals surface area (Å²) in [6.45, 7) is 4.47. The average molecular weight is 511 g/mol. The van der Waals surface area contributed by atoms with Crippen molar-refractivity contribution in [3.8, 4) is 17.2 Å². The van der Waals surface area contributed by atoms with E-state index in [1.807, 2.05) is 23.0 Å². The van der Waals surface area contributed by atoms with Crippen LogP contribution in [0, 0.1) is 0 Å². The zero-order valence-electron chi connectivity index (χ0n) is 21.1. The molecule has 36 heavy (non-hydrogen) atoms. The van der Waals surface area contributed by atoms with Gasteiger partial charge in [-0.05, 0) is 55.2 Å². The van der Waals surface area contributed by atoms with Gasteiger partial charge in [0.25, 0.3) is 0 Å². The molecular formula is C28H35ClN4O3. The topological polar surface area (TPSA) is 52.0 Å². The maximum absolute atomic E-state index is 6.25. The van der Waals surface area contributed by atoms with Crippen molar-refractivity contribution in [1.82, 2.24) is 14.7 Å². The van der Waals surface area contributed by atoms with Crippen LogP contribution in [0.4, 0.5) is 5.69 Å². The minimum absolute atomic E-state index is 0.397. The van der Waals surface area contributed by atoms with E-state index in [-0.39, 0.29) is 0 Å². The van der Waals surface area contributed by atoms with Crippen LogP contribution in [0.2, 0.25) is 5.02 Å². The third-order valence-corrected chi connectivity index (χ3v) is 7.68. The maximum atomic E-state index is 6.25. The number of hydrogen-bond acceptors (Lipinski definition) is 6. The molecule has 5 rings (SSSR count). The van der Waals surface area contributed by atoms with E-state index in [0.29, 0.717) is 23.7 Å². The molecule has 2 aromatic carbocycles. The van der Waals surface area contributed by atoms with Crippen LogP contribution >= 0.6 is 11.6 Å². The van der Waals surface area contributed by atoms with Crippen LogP contribution in [0.3, 0.4) is 0 Å². The summed E-state index contributed by atoms with van der Waals surface area (Å²) in [5, 5.41) is 4.89. The molecule has 7 nitrogen and oxygen atoms in total. The minimum Gasteiger partial charge on any atom is -0.495 e. The van der Waals surface area contributed by atoms with Crippen molar-refractivity contribution in [3.05, 3.63) is 65.4 Å². The van der Waals surface area contributed by atoms with Gasteiger partial charge in [-0.1, -0.05) is 17.7 Å². The first-order chi connectivity index (χ1) is 17.7. The Bertz CT molecular complexity index is 1140. The fourth-order valence-electron chi connectivity index (χ4n) is 5.54. The van der Waals surface area contributed by atoms with E-state index in [4.69, 9.17) is 25.8 Å². The summed E-state index contributed by atoms with van der Waals surface area (Å²) in [6.07, 6.45) is 8.26. The van der Waals surface area contributed by atoms with Gasteiger partial charge in [0, 0.05) is 68.8 Å². The summed E-state index contributed by atoms with van der Waals surface area (Å²) in [4.78, 5) is 5.15. The molecule has 2 aliphatic rings. The van der Waals surface area contributed by atoms with Crippen LogP contribution in [-0.4, -0.2) is 61.2 Å². The number of hydrogen-bond donors (Lipinski definition) is 0. The summed E-state index contributed by atoms with van der Waals surface area (Å²) in [5.41, 5.74) is 2.48. The Balaban J connectivity index is 1.23. The van der Waals surface area contributed by atoms with Crippen molar-refractivity contribution in [2.45, 2.75) is 44.3 Å². The van der Waals surface area contributed by atoms with Gasteiger partial charge in [-0.2, -0.15) is 5.10 Å². The summed E-state index contributed by atoms with van der Waals surface area (Å²) in [6, 6.07) is 15.4. The predicted molar refractivity (Wildman–Crippen MR) is 143 cm³/mol. The van der Waals surface area contributed by atoms with Crippen LogP contribution in [0.15, 0.2) is 54.9 Å². The second-order valence-electron chi connectivity index (χ2n) is 9.48. The molecule has 192 valence electrons. The zero-order chi connectivity index (χ0) is 24.9. The van der Waals surface area contributed by atoms with Crippen LogP contribution in [0.25, 0.3) is 0 Å². The monoisotopic (exact) mass is 510 g/mol. The number of rotatable bonds is 9. The molecule has 0 aliphatic carbocycles. The lowest BCUT2D eigenvalue weighted by atomic mass is 9.89. The number of halogens is 1. The quantitative estimate of drug-likeness (QED) is 0.357. The lowest BCUT2D eigenvalue weighted by molar-refractivity contribution is 0.0715. The van der Waals surface area contributed by atoms with E-state index < -0.39 is 0 Å². The molecule has 0 unspecified atom stereocenters. The van der Waals surface area contributed by atoms with Gasteiger partial charge in [0.1, 0.15) is 5.75 Å². The largest absolute Gasteiger partial charge is 0.495 e. The number of anilines is 1. The first-order valence-corrected chi connectivity index (χ1v) is 13.2. The molecule has 0 spiro atoms. The highest BCUT2D eigenvalue weighted by molar-refractivity contribution is 6.32. The number of benzene rings is 2. The van der Waals surface area contributed by atoms with Crippen molar-refractivity contribution in [2.24, 2.45) is 0 Å². The number of piperazine rings is 1. The van der Waals surface area contributed by atoms with Crippen molar-refractivity contribution in [2.75, 3.05) is 45.4 Å². The molecule has 2 fully saturated rings. The molecule has 0 saturated carbocycles. The Morgan fingerprint density at radius 1 is 1.00 bits per heavy atom. The van der Waals surface area contributed by atoms with E-state index >= 15 is 0 Å². The highest BCUT2D eigenvalue weighted by Crippen LogP contribution is 2.40. The van der Waals surface area contributed by atoms with Gasteiger partial charge in [-0.15, -0.1) is 0 Å². The third kappa shape index (κ3) is 5.42. The molecular weight excluding hydrogens is 476 g/mol. The number of fused-ring (bicyclic) bond motifs is 1. The van der Waals surface area contributed by atoms with Gasteiger partial charge in [-0.3, -0.25) is 9.58 Å². The highest BCUT2D eigenvalue weighted by Gasteiger charge is 2.36. The van der Waals surface area contributed by atoms with E-state index in [9.17, 15) is 0 Å². The second kappa shape index (κ2) is 11.4. The molecule has 2 atom stereocenters. The van der Waals surface area contributed by atoms with Crippen LogP contribution < -0.4 is 19.1 Å². The Morgan fingerprint density at radius 3 is 2.69 bits per heavy atom. The molecule has 3 heterocycles. The minimum atomic E-state index is 0.397. The highest BCUT2D eigenvalue weighted by atomic mass is 35.5. The molecule has 2 saturated heterocycles. The summed E-state index contributed by atoms with van der Waals surface area (Å²) in [5.74, 6) is 2.34. The number of aromatic nitrogens is 2. The molecule has 0 N–H and O–H groups in total. The molecule has 2 aliphatic heterocycles. The molecule has 8 heteroatoms. The number of methoxy groups -OCH3 is 2. The standard InChI is InChI=1S/C28H35ClN4O3/c1-34-27-19-22(9-10-24(27)29)31-15-16-33-23(20-31)6-3-7-25(33)21-8-11-26(28(18-21)35-2)36-17-5-14-32-13-4-12-30-32/h4,8-13,18-19,23,25H,3,5-7,14-17,20H2,1-2H3/t23-,25+/m0/s1. The summed E-state index contributed by atoms with van der Waals surface area (Å²) < 4.78 is 19.2. The molecule has 0 radical (unpaired) electrons. The van der Waals surface area contributed by atoms with Crippen LogP contribution in [0.1, 0.15) is 37.3 Å². The summed E-state index contributed by atoms with van der Waals surface area (Å²) >= 11 is 6.25. The summed E-state index contributed by atoms with van der Waals surface area (Å²) in [7, 11) is 3.39. The van der Waals surface area contributed by atoms with Gasteiger partial charge in [0.15, 0.2) is 11.5 Å². The predicted octanol–water partition coefficient (Wildman–Crippen LogP) is 5.44. The molecule has 0 amide bonds. The SMILES string of the molecule is COc1cc(N2CCN3[C@@H](CCC[C@@H]3c3ccc(OCCCn4cccn4)c(OC)c3)C2)ccc1Cl. The number of piperidine rings is 1. The zero-order valence-corrected chi connectivity index (χ0v) is 21.9. The first-order valence-electron chi connectivity index (χ1n) is 12.8. The number of ether oxygens (including phenoxy) is 3. The Morgan fingerprint density at radius 2 is 1.89 bits per heavy atom. The number of aryl methyl sites for hydroxylation is 1. The average Bonchev–Trinajstić information content (AvgIpc) is 3.44.